The molecule has 1 heterocycles. The van der Waals surface area contributed by atoms with Gasteiger partial charge in [-0.15, -0.1) is 0 Å². The number of hydrogen-bond acceptors (Lipinski definition) is 7. The third-order valence-electron chi connectivity index (χ3n) is 6.71. The maximum absolute atomic E-state index is 13.6. The molecule has 0 unspecified atom stereocenters. The quantitative estimate of drug-likeness (QED) is 0.113. The minimum Gasteiger partial charge on any atom is -0.450 e. The zero-order valence-electron chi connectivity index (χ0n) is 22.5. The number of hydrogen-bond donors (Lipinski definition) is 4. The second-order valence-electron chi connectivity index (χ2n) is 9.66. The van der Waals surface area contributed by atoms with Gasteiger partial charge in [-0.25, -0.2) is 4.79 Å². The number of nitrogens with two attached hydrogens (primary N) is 3. The highest BCUT2D eigenvalue weighted by Gasteiger charge is 2.45. The first-order valence-corrected chi connectivity index (χ1v) is 13.3. The lowest BCUT2D eigenvalue weighted by Crippen LogP contribution is -2.58. The Labute approximate surface area is 224 Å². The lowest BCUT2D eigenvalue weighted by molar-refractivity contribution is -0.146. The molecule has 0 aromatic heterocycles. The smallest absolute Gasteiger partial charge is 0.407 e. The monoisotopic (exact) mass is 530 g/mol. The predicted molar refractivity (Wildman–Crippen MR) is 145 cm³/mol. The molecule has 0 saturated carbocycles. The van der Waals surface area contributed by atoms with Crippen LogP contribution >= 0.6 is 0 Å². The summed E-state index contributed by atoms with van der Waals surface area (Å²) in [6, 6.07) is 7.35. The highest BCUT2D eigenvalue weighted by Crippen LogP contribution is 2.26. The molecule has 2 rings (SSSR count). The Morgan fingerprint density at radius 3 is 2.45 bits per heavy atom. The summed E-state index contributed by atoms with van der Waals surface area (Å²) in [7, 11) is 0. The van der Waals surface area contributed by atoms with Gasteiger partial charge in [-0.05, 0) is 44.6 Å². The minimum absolute atomic E-state index is 0.0508. The molecule has 0 spiro atoms. The summed E-state index contributed by atoms with van der Waals surface area (Å²) in [6.45, 7) is 4.39. The van der Waals surface area contributed by atoms with Gasteiger partial charge >= 0.3 is 6.09 Å². The van der Waals surface area contributed by atoms with Crippen molar-refractivity contribution in [3.8, 4) is 0 Å². The van der Waals surface area contributed by atoms with Crippen molar-refractivity contribution >= 4 is 29.5 Å². The second-order valence-corrected chi connectivity index (χ2v) is 9.66. The lowest BCUT2D eigenvalue weighted by atomic mass is 9.81. The van der Waals surface area contributed by atoms with Crippen LogP contribution in [-0.2, 0) is 25.5 Å². The molecule has 3 atom stereocenters. The number of amides is 2. The fourth-order valence-electron chi connectivity index (χ4n) is 4.71. The van der Waals surface area contributed by atoms with Gasteiger partial charge < -0.3 is 32.2 Å². The summed E-state index contributed by atoms with van der Waals surface area (Å²) in [4.78, 5) is 58.2. The first-order chi connectivity index (χ1) is 18.1. The summed E-state index contributed by atoms with van der Waals surface area (Å²) < 4.78 is 5.00. The molecule has 1 aromatic carbocycles. The number of benzene rings is 1. The maximum atomic E-state index is 13.6. The zero-order chi connectivity index (χ0) is 28.1. The number of aliphatic imine (C=N–C) groups is 1. The molecule has 0 radical (unpaired) electrons. The van der Waals surface area contributed by atoms with Gasteiger partial charge in [0.05, 0.1) is 18.2 Å². The van der Waals surface area contributed by atoms with E-state index in [-0.39, 0.29) is 25.4 Å². The molecule has 1 saturated heterocycles. The molecular formula is C27H42N6O5. The van der Waals surface area contributed by atoms with Crippen LogP contribution in [0.25, 0.3) is 0 Å². The molecule has 0 bridgehead atoms. The van der Waals surface area contributed by atoms with Crippen molar-refractivity contribution in [3.05, 3.63) is 35.9 Å². The molecule has 38 heavy (non-hydrogen) atoms. The van der Waals surface area contributed by atoms with Crippen LogP contribution in [0.4, 0.5) is 4.79 Å². The first kappa shape index (κ1) is 30.8. The van der Waals surface area contributed by atoms with E-state index in [0.29, 0.717) is 45.2 Å². The molecule has 1 aliphatic rings. The first-order valence-electron chi connectivity index (χ1n) is 13.3. The van der Waals surface area contributed by atoms with Gasteiger partial charge in [-0.1, -0.05) is 50.1 Å². The molecule has 11 heteroatoms. The van der Waals surface area contributed by atoms with Crippen LogP contribution in [0.5, 0.6) is 0 Å². The van der Waals surface area contributed by atoms with Gasteiger partial charge in [0.25, 0.3) is 0 Å². The third kappa shape index (κ3) is 8.83. The molecule has 2 amide bonds. The van der Waals surface area contributed by atoms with Crippen molar-refractivity contribution in [3.63, 3.8) is 0 Å². The molecule has 1 fully saturated rings. The SMILES string of the molecule is CCCC[C@](N)(CCCN=C(N)N)C(=O)C(=O)[C@@H]1CCCN1C(=O)[C@@H](Cc1ccccc1)NC(=O)OCC. The number of carbonyl (C=O) groups excluding carboxylic acids is 4. The van der Waals surface area contributed by atoms with Crippen molar-refractivity contribution in [2.24, 2.45) is 22.2 Å². The van der Waals surface area contributed by atoms with Gasteiger partial charge in [0.2, 0.25) is 17.5 Å². The Hall–Kier alpha value is -3.47. The van der Waals surface area contributed by atoms with Gasteiger partial charge in [-0.3, -0.25) is 19.4 Å². The summed E-state index contributed by atoms with van der Waals surface area (Å²) in [5.74, 6) is -1.84. The fraction of sp³-hybridized carbons (Fsp3) is 0.593. The summed E-state index contributed by atoms with van der Waals surface area (Å²) in [6.07, 6.45) is 2.92. The lowest BCUT2D eigenvalue weighted by Gasteiger charge is -2.32. The van der Waals surface area contributed by atoms with Crippen molar-refractivity contribution in [1.29, 1.82) is 0 Å². The number of ketones is 2. The average molecular weight is 531 g/mol. The predicted octanol–water partition coefficient (Wildman–Crippen LogP) is 1.41. The number of unbranched alkanes of at least 4 members (excludes halogenated alkanes) is 1. The van der Waals surface area contributed by atoms with E-state index < -0.39 is 41.2 Å². The maximum Gasteiger partial charge on any atom is 0.407 e. The summed E-state index contributed by atoms with van der Waals surface area (Å²) in [5.41, 5.74) is 16.8. The number of ether oxygens (including phenoxy) is 1. The van der Waals surface area contributed by atoms with Crippen molar-refractivity contribution in [2.45, 2.75) is 82.8 Å². The van der Waals surface area contributed by atoms with Crippen molar-refractivity contribution < 1.29 is 23.9 Å². The topological polar surface area (TPSA) is 183 Å². The number of Topliss-reactive ketones (excluding diaryl/α,β-unsaturated/α-hetero) is 2. The van der Waals surface area contributed by atoms with E-state index in [4.69, 9.17) is 21.9 Å². The van der Waals surface area contributed by atoms with Gasteiger partial charge in [0, 0.05) is 19.5 Å². The summed E-state index contributed by atoms with van der Waals surface area (Å²) >= 11 is 0. The molecule has 1 aromatic rings. The van der Waals surface area contributed by atoms with E-state index in [2.05, 4.69) is 10.3 Å². The van der Waals surface area contributed by atoms with E-state index in [1.165, 1.54) is 4.90 Å². The Balaban J connectivity index is 2.22. The average Bonchev–Trinajstić information content (AvgIpc) is 3.39. The normalized spacial score (nSPS) is 17.2. The van der Waals surface area contributed by atoms with E-state index in [9.17, 15) is 19.2 Å². The van der Waals surface area contributed by atoms with E-state index in [1.807, 2.05) is 37.3 Å². The van der Waals surface area contributed by atoms with Crippen LogP contribution in [0, 0.1) is 0 Å². The van der Waals surface area contributed by atoms with Crippen LogP contribution < -0.4 is 22.5 Å². The standard InChI is InChI=1S/C27H42N6O5/c1-3-5-14-27(30,15-10-16-31-25(28)29)23(35)22(34)21-13-9-17-33(21)24(36)20(32-26(37)38-4-2)18-19-11-7-6-8-12-19/h6-8,11-12,20-21H,3-5,9-10,13-18,30H2,1-2H3,(H,32,37)(H4,28,29,31)/t20-,21+,27+/m1/s1. The van der Waals surface area contributed by atoms with E-state index in [1.54, 1.807) is 6.92 Å². The second kappa shape index (κ2) is 15.1. The van der Waals surface area contributed by atoms with E-state index >= 15 is 0 Å². The Bertz CT molecular complexity index is 981. The molecule has 0 aliphatic carbocycles. The van der Waals surface area contributed by atoms with E-state index in [0.717, 1.165) is 12.0 Å². The molecule has 11 nitrogen and oxygen atoms in total. The Morgan fingerprint density at radius 2 is 1.82 bits per heavy atom. The van der Waals surface area contributed by atoms with Crippen LogP contribution in [0.2, 0.25) is 0 Å². The van der Waals surface area contributed by atoms with Crippen LogP contribution in [-0.4, -0.2) is 71.7 Å². The zero-order valence-corrected chi connectivity index (χ0v) is 22.5. The number of likely N-dealkylation sites (tertiary alicyclic amines) is 1. The number of rotatable bonds is 15. The third-order valence-corrected chi connectivity index (χ3v) is 6.71. The molecular weight excluding hydrogens is 488 g/mol. The number of guanidine groups is 1. The van der Waals surface area contributed by atoms with Crippen LogP contribution in [0.1, 0.15) is 64.4 Å². The number of alkyl carbamates (subject to hydrolysis) is 1. The Kier molecular flexibility index (Phi) is 12.2. The van der Waals surface area contributed by atoms with Crippen molar-refractivity contribution in [1.82, 2.24) is 10.2 Å². The van der Waals surface area contributed by atoms with Gasteiger partial charge in [-0.2, -0.15) is 0 Å². The molecule has 210 valence electrons. The Morgan fingerprint density at radius 1 is 1.13 bits per heavy atom. The number of nitrogens with zero attached hydrogens (tertiary/aromatic N) is 2. The number of carbonyl (C=O) groups is 4. The van der Waals surface area contributed by atoms with Crippen LogP contribution in [0.15, 0.2) is 35.3 Å². The van der Waals surface area contributed by atoms with Gasteiger partial charge in [0.1, 0.15) is 6.04 Å². The molecule has 7 N–H and O–H groups in total. The number of nitrogens with one attached hydrogen (secondary N) is 1. The molecule has 1 aliphatic heterocycles. The summed E-state index contributed by atoms with van der Waals surface area (Å²) in [5, 5.41) is 2.63. The van der Waals surface area contributed by atoms with Crippen LogP contribution in [0.3, 0.4) is 0 Å². The fourth-order valence-corrected chi connectivity index (χ4v) is 4.71. The highest BCUT2D eigenvalue weighted by atomic mass is 16.5. The highest BCUT2D eigenvalue weighted by molar-refractivity contribution is 6.42. The largest absolute Gasteiger partial charge is 0.450 e. The van der Waals surface area contributed by atoms with Gasteiger partial charge in [0.15, 0.2) is 5.96 Å². The minimum atomic E-state index is -1.37. The van der Waals surface area contributed by atoms with Crippen molar-refractivity contribution in [2.75, 3.05) is 19.7 Å².